The van der Waals surface area contributed by atoms with E-state index in [0.717, 1.165) is 10.9 Å². The van der Waals surface area contributed by atoms with Gasteiger partial charge in [0, 0.05) is 28.0 Å². The Morgan fingerprint density at radius 2 is 1.91 bits per heavy atom. The van der Waals surface area contributed by atoms with E-state index in [0.29, 0.717) is 27.6 Å². The van der Waals surface area contributed by atoms with Gasteiger partial charge in [0.1, 0.15) is 11.5 Å². The molecule has 2 heterocycles. The lowest BCUT2D eigenvalue weighted by Crippen LogP contribution is -2.32. The average molecular weight is 473 g/mol. The van der Waals surface area contributed by atoms with E-state index >= 15 is 0 Å². The first kappa shape index (κ1) is 22.1. The Morgan fingerprint density at radius 3 is 2.59 bits per heavy atom. The van der Waals surface area contributed by atoms with E-state index in [4.69, 9.17) is 20.8 Å². The molecule has 0 atom stereocenters. The number of fused-ring (bicyclic) bond motifs is 1. The summed E-state index contributed by atoms with van der Waals surface area (Å²) in [5, 5.41) is 1.08. The molecule has 0 bridgehead atoms. The van der Waals surface area contributed by atoms with Crippen LogP contribution in [0.15, 0.2) is 75.0 Å². The Morgan fingerprint density at radius 1 is 1.09 bits per heavy atom. The van der Waals surface area contributed by atoms with Crippen molar-refractivity contribution in [3.63, 3.8) is 0 Å². The highest BCUT2D eigenvalue weighted by molar-refractivity contribution is 7.89. The van der Waals surface area contributed by atoms with Crippen molar-refractivity contribution in [2.24, 2.45) is 0 Å². The van der Waals surface area contributed by atoms with Gasteiger partial charge in [-0.05, 0) is 61.0 Å². The number of aromatic nitrogens is 1. The Hall–Kier alpha value is -3.07. The number of aromatic amines is 1. The van der Waals surface area contributed by atoms with Crippen LogP contribution in [-0.2, 0) is 23.1 Å². The van der Waals surface area contributed by atoms with Crippen LogP contribution < -0.4 is 10.3 Å². The van der Waals surface area contributed by atoms with Crippen LogP contribution in [0.1, 0.15) is 16.9 Å². The average Bonchev–Trinajstić information content (AvgIpc) is 3.28. The minimum Gasteiger partial charge on any atom is -0.497 e. The normalized spacial score (nSPS) is 11.9. The number of furan rings is 1. The second-order valence-corrected chi connectivity index (χ2v) is 9.69. The van der Waals surface area contributed by atoms with Gasteiger partial charge in [-0.25, -0.2) is 8.42 Å². The van der Waals surface area contributed by atoms with Gasteiger partial charge in [0.15, 0.2) is 0 Å². The van der Waals surface area contributed by atoms with E-state index in [2.05, 4.69) is 4.98 Å². The lowest BCUT2D eigenvalue weighted by Gasteiger charge is -2.21. The van der Waals surface area contributed by atoms with Gasteiger partial charge in [0.2, 0.25) is 10.0 Å². The molecule has 2 aromatic heterocycles. The van der Waals surface area contributed by atoms with Gasteiger partial charge in [-0.3, -0.25) is 4.79 Å². The number of benzene rings is 2. The fourth-order valence-corrected chi connectivity index (χ4v) is 5.01. The van der Waals surface area contributed by atoms with Crippen molar-refractivity contribution >= 4 is 32.5 Å². The first-order chi connectivity index (χ1) is 15.3. The minimum atomic E-state index is -3.99. The van der Waals surface area contributed by atoms with Gasteiger partial charge in [0.25, 0.3) is 5.56 Å². The summed E-state index contributed by atoms with van der Waals surface area (Å²) in [6.07, 6.45) is 1.47. The Bertz CT molecular complexity index is 1430. The maximum absolute atomic E-state index is 13.5. The number of rotatable bonds is 7. The summed E-state index contributed by atoms with van der Waals surface area (Å²) in [4.78, 5) is 15.6. The standard InChI is InChI=1S/C23H21ClN2O5S/c1-15-5-7-20(12-21(15)24)32(28,29)26(14-19-4-3-9-31-19)13-17-10-16-11-18(30-2)6-8-22(16)25-23(17)27/h3-12H,13-14H2,1-2H3,(H,25,27). The highest BCUT2D eigenvalue weighted by Gasteiger charge is 2.27. The highest BCUT2D eigenvalue weighted by Crippen LogP contribution is 2.26. The second kappa shape index (κ2) is 8.82. The number of nitrogens with one attached hydrogen (secondary N) is 1. The zero-order chi connectivity index (χ0) is 22.9. The van der Waals surface area contributed by atoms with E-state index < -0.39 is 10.0 Å². The highest BCUT2D eigenvalue weighted by atomic mass is 35.5. The number of nitrogens with zero attached hydrogens (tertiary/aromatic N) is 1. The number of hydrogen-bond acceptors (Lipinski definition) is 5. The first-order valence-electron chi connectivity index (χ1n) is 9.76. The van der Waals surface area contributed by atoms with Crippen LogP contribution in [0.5, 0.6) is 5.75 Å². The molecule has 32 heavy (non-hydrogen) atoms. The van der Waals surface area contributed by atoms with Crippen molar-refractivity contribution in [1.82, 2.24) is 9.29 Å². The molecule has 7 nitrogen and oxygen atoms in total. The van der Waals surface area contributed by atoms with E-state index in [1.165, 1.54) is 22.7 Å². The molecule has 0 aliphatic heterocycles. The topological polar surface area (TPSA) is 92.6 Å². The molecular formula is C23H21ClN2O5S. The molecule has 0 saturated carbocycles. The first-order valence-corrected chi connectivity index (χ1v) is 11.6. The summed E-state index contributed by atoms with van der Waals surface area (Å²) in [6, 6.07) is 14.9. The molecule has 0 aliphatic rings. The van der Waals surface area contributed by atoms with Crippen LogP contribution in [0.25, 0.3) is 10.9 Å². The molecule has 0 unspecified atom stereocenters. The third kappa shape index (κ3) is 4.43. The third-order valence-corrected chi connectivity index (χ3v) is 7.36. The molecule has 9 heteroatoms. The largest absolute Gasteiger partial charge is 0.497 e. The number of ether oxygens (including phenoxy) is 1. The third-order valence-electron chi connectivity index (χ3n) is 5.17. The number of hydrogen-bond donors (Lipinski definition) is 1. The molecule has 166 valence electrons. The van der Waals surface area contributed by atoms with Gasteiger partial charge in [-0.15, -0.1) is 0 Å². The molecule has 0 saturated heterocycles. The maximum atomic E-state index is 13.5. The van der Waals surface area contributed by atoms with Crippen LogP contribution in [0.3, 0.4) is 0 Å². The lowest BCUT2D eigenvalue weighted by molar-refractivity contribution is 0.357. The number of aryl methyl sites for hydroxylation is 1. The summed E-state index contributed by atoms with van der Waals surface area (Å²) in [6.45, 7) is 1.59. The van der Waals surface area contributed by atoms with Crippen LogP contribution in [0, 0.1) is 6.92 Å². The predicted molar refractivity (Wildman–Crippen MR) is 122 cm³/mol. The number of H-pyrrole nitrogens is 1. The minimum absolute atomic E-state index is 0.0403. The van der Waals surface area contributed by atoms with Crippen molar-refractivity contribution in [2.75, 3.05) is 7.11 Å². The van der Waals surface area contributed by atoms with Gasteiger partial charge in [-0.1, -0.05) is 17.7 Å². The summed E-state index contributed by atoms with van der Waals surface area (Å²) in [7, 11) is -2.43. The Labute approximate surface area is 190 Å². The smallest absolute Gasteiger partial charge is 0.252 e. The van der Waals surface area contributed by atoms with Gasteiger partial charge >= 0.3 is 0 Å². The van der Waals surface area contributed by atoms with E-state index in [1.807, 2.05) is 0 Å². The fourth-order valence-electron chi connectivity index (χ4n) is 3.35. The Kier molecular flexibility index (Phi) is 6.10. The van der Waals surface area contributed by atoms with E-state index in [1.54, 1.807) is 56.5 Å². The molecule has 4 aromatic rings. The van der Waals surface area contributed by atoms with Gasteiger partial charge in [0.05, 0.1) is 24.8 Å². The monoisotopic (exact) mass is 472 g/mol. The van der Waals surface area contributed by atoms with E-state index in [-0.39, 0.29) is 23.5 Å². The number of halogens is 1. The molecule has 0 amide bonds. The number of sulfonamides is 1. The molecule has 0 fully saturated rings. The van der Waals surface area contributed by atoms with Crippen LogP contribution >= 0.6 is 11.6 Å². The molecule has 0 spiro atoms. The number of pyridine rings is 1. The van der Waals surface area contributed by atoms with Crippen LogP contribution in [-0.4, -0.2) is 24.8 Å². The van der Waals surface area contributed by atoms with Crippen molar-refractivity contribution < 1.29 is 17.6 Å². The molecule has 0 aliphatic carbocycles. The molecule has 1 N–H and O–H groups in total. The summed E-state index contributed by atoms with van der Waals surface area (Å²) < 4.78 is 38.8. The van der Waals surface area contributed by atoms with E-state index in [9.17, 15) is 13.2 Å². The zero-order valence-corrected chi connectivity index (χ0v) is 19.0. The molecular weight excluding hydrogens is 452 g/mol. The lowest BCUT2D eigenvalue weighted by atomic mass is 10.1. The van der Waals surface area contributed by atoms with Crippen molar-refractivity contribution in [2.45, 2.75) is 24.9 Å². The quantitative estimate of drug-likeness (QED) is 0.428. The molecule has 2 aromatic carbocycles. The Balaban J connectivity index is 1.78. The zero-order valence-electron chi connectivity index (χ0n) is 17.5. The molecule has 4 rings (SSSR count). The van der Waals surface area contributed by atoms with Crippen molar-refractivity contribution in [3.8, 4) is 5.75 Å². The second-order valence-electron chi connectivity index (χ2n) is 7.34. The maximum Gasteiger partial charge on any atom is 0.252 e. The number of methoxy groups -OCH3 is 1. The summed E-state index contributed by atoms with van der Waals surface area (Å²) in [5.74, 6) is 1.08. The SMILES string of the molecule is COc1ccc2[nH]c(=O)c(CN(Cc3ccco3)S(=O)(=O)c3ccc(C)c(Cl)c3)cc2c1. The van der Waals surface area contributed by atoms with Crippen LogP contribution in [0.4, 0.5) is 0 Å². The van der Waals surface area contributed by atoms with Crippen LogP contribution in [0.2, 0.25) is 5.02 Å². The predicted octanol–water partition coefficient (Wildman–Crippen LogP) is 4.48. The van der Waals surface area contributed by atoms with Crippen molar-refractivity contribution in [3.05, 3.63) is 93.1 Å². The van der Waals surface area contributed by atoms with Gasteiger partial charge < -0.3 is 14.1 Å². The molecule has 0 radical (unpaired) electrons. The summed E-state index contributed by atoms with van der Waals surface area (Å²) in [5.41, 5.74) is 1.32. The summed E-state index contributed by atoms with van der Waals surface area (Å²) >= 11 is 6.18. The van der Waals surface area contributed by atoms with Crippen molar-refractivity contribution in [1.29, 1.82) is 0 Å². The fraction of sp³-hybridized carbons (Fsp3) is 0.174. The van der Waals surface area contributed by atoms with Gasteiger partial charge in [-0.2, -0.15) is 4.31 Å².